The van der Waals surface area contributed by atoms with E-state index in [1.54, 1.807) is 6.26 Å². The number of para-hydroxylation sites is 2. The zero-order valence-electron chi connectivity index (χ0n) is 28.2. The van der Waals surface area contributed by atoms with Gasteiger partial charge in [-0.3, -0.25) is 9.59 Å². The number of Topliss-reactive ketones (excluding diaryl/α,β-unsaturated/α-hetero) is 1. The first-order chi connectivity index (χ1) is 24.1. The predicted molar refractivity (Wildman–Crippen MR) is 190 cm³/mol. The Labute approximate surface area is 288 Å². The van der Waals surface area contributed by atoms with Crippen LogP contribution in [0.4, 0.5) is 0 Å². The maximum Gasteiger partial charge on any atom is 0.229 e. The lowest BCUT2D eigenvalue weighted by Gasteiger charge is -2.43. The molecule has 3 aromatic carbocycles. The zero-order valence-corrected chi connectivity index (χ0v) is 28.2. The Morgan fingerprint density at radius 1 is 0.857 bits per heavy atom. The largest absolute Gasteiger partial charge is 0.467 e. The van der Waals surface area contributed by atoms with Crippen LogP contribution in [0.1, 0.15) is 59.6 Å². The molecule has 2 aliphatic rings. The Kier molecular flexibility index (Phi) is 10.3. The summed E-state index contributed by atoms with van der Waals surface area (Å²) in [6, 6.07) is 32.5. The minimum absolute atomic E-state index is 0.0770. The average molecular weight is 659 g/mol. The van der Waals surface area contributed by atoms with E-state index in [1.807, 2.05) is 65.2 Å². The molecule has 1 atom stereocenters. The standard InChI is InChI=1S/C41H46N4O4/c46-38(39-42-36-16-7-8-17-37(36)45(39)26-28-48-31-35-15-9-27-49-35)34-18-23-43(24-19-34)25-21-41(29-32-11-3-1-4-12-32)20-10-22-44(40(41)47)30-33-13-5-2-6-14-33/h1-9,11-17,27,34H,10,18-26,28-31H2. The average Bonchev–Trinajstić information content (AvgIpc) is 3.80. The quantitative estimate of drug-likeness (QED) is 0.0929. The maximum atomic E-state index is 14.3. The van der Waals surface area contributed by atoms with Crippen LogP contribution in [0.15, 0.2) is 108 Å². The summed E-state index contributed by atoms with van der Waals surface area (Å²) >= 11 is 0. The molecule has 0 N–H and O–H groups in total. The molecule has 7 rings (SSSR count). The normalized spacial score (nSPS) is 19.1. The maximum absolute atomic E-state index is 14.3. The highest BCUT2D eigenvalue weighted by Gasteiger charge is 2.44. The number of rotatable bonds is 14. The van der Waals surface area contributed by atoms with Crippen molar-refractivity contribution in [3.63, 3.8) is 0 Å². The number of imidazole rings is 1. The van der Waals surface area contributed by atoms with Crippen molar-refractivity contribution < 1.29 is 18.7 Å². The minimum Gasteiger partial charge on any atom is -0.467 e. The minimum atomic E-state index is -0.426. The van der Waals surface area contributed by atoms with Crippen LogP contribution in [0.2, 0.25) is 0 Å². The van der Waals surface area contributed by atoms with Gasteiger partial charge in [0.15, 0.2) is 5.82 Å². The van der Waals surface area contributed by atoms with Crippen molar-refractivity contribution in [1.82, 2.24) is 19.4 Å². The summed E-state index contributed by atoms with van der Waals surface area (Å²) in [6.07, 6.45) is 6.71. The summed E-state index contributed by atoms with van der Waals surface area (Å²) in [6.45, 7) is 5.38. The van der Waals surface area contributed by atoms with Crippen molar-refractivity contribution in [1.29, 1.82) is 0 Å². The highest BCUT2D eigenvalue weighted by molar-refractivity contribution is 5.98. The van der Waals surface area contributed by atoms with Crippen LogP contribution < -0.4 is 0 Å². The number of likely N-dealkylation sites (tertiary alicyclic amines) is 2. The molecule has 1 unspecified atom stereocenters. The van der Waals surface area contributed by atoms with E-state index in [-0.39, 0.29) is 17.6 Å². The van der Waals surface area contributed by atoms with E-state index in [4.69, 9.17) is 14.1 Å². The van der Waals surface area contributed by atoms with E-state index >= 15 is 0 Å². The Hall–Kier alpha value is -4.53. The molecule has 0 saturated carbocycles. The van der Waals surface area contributed by atoms with Crippen LogP contribution in [0.5, 0.6) is 0 Å². The molecular formula is C41H46N4O4. The number of hydrogen-bond acceptors (Lipinski definition) is 6. The number of hydrogen-bond donors (Lipinski definition) is 0. The van der Waals surface area contributed by atoms with Crippen LogP contribution in [0.3, 0.4) is 0 Å². The monoisotopic (exact) mass is 658 g/mol. The van der Waals surface area contributed by atoms with Crippen LogP contribution in [-0.4, -0.2) is 63.8 Å². The van der Waals surface area contributed by atoms with E-state index in [0.717, 1.165) is 81.5 Å². The predicted octanol–water partition coefficient (Wildman–Crippen LogP) is 7.18. The summed E-state index contributed by atoms with van der Waals surface area (Å²) < 4.78 is 13.3. The molecule has 2 aromatic heterocycles. The smallest absolute Gasteiger partial charge is 0.229 e. The molecule has 2 fully saturated rings. The number of aromatic nitrogens is 2. The van der Waals surface area contributed by atoms with Crippen molar-refractivity contribution in [2.45, 2.75) is 58.2 Å². The van der Waals surface area contributed by atoms with Gasteiger partial charge in [-0.05, 0) is 93.6 Å². The number of amides is 1. The zero-order chi connectivity index (χ0) is 33.5. The van der Waals surface area contributed by atoms with Gasteiger partial charge in [-0.15, -0.1) is 0 Å². The lowest BCUT2D eigenvalue weighted by molar-refractivity contribution is -0.148. The SMILES string of the molecule is O=C(c1nc2ccccc2n1CCOCc1ccco1)C1CCN(CCC2(Cc3ccccc3)CCCN(Cc3ccccc3)C2=O)CC1. The van der Waals surface area contributed by atoms with Gasteiger partial charge in [0.25, 0.3) is 0 Å². The Balaban J connectivity index is 0.996. The lowest BCUT2D eigenvalue weighted by atomic mass is 9.71. The number of furan rings is 1. The van der Waals surface area contributed by atoms with Gasteiger partial charge in [0.05, 0.1) is 29.3 Å². The van der Waals surface area contributed by atoms with Crippen molar-refractivity contribution in [3.05, 3.63) is 126 Å². The topological polar surface area (TPSA) is 80.8 Å². The third-order valence-electron chi connectivity index (χ3n) is 10.4. The third-order valence-corrected chi connectivity index (χ3v) is 10.4. The van der Waals surface area contributed by atoms with Crippen molar-refractivity contribution in [3.8, 4) is 0 Å². The molecule has 1 amide bonds. The van der Waals surface area contributed by atoms with Gasteiger partial charge in [-0.2, -0.15) is 0 Å². The van der Waals surface area contributed by atoms with Crippen LogP contribution in [0.25, 0.3) is 11.0 Å². The van der Waals surface area contributed by atoms with E-state index in [1.165, 1.54) is 11.1 Å². The van der Waals surface area contributed by atoms with Gasteiger partial charge in [-0.25, -0.2) is 4.98 Å². The van der Waals surface area contributed by atoms with E-state index in [0.29, 0.717) is 32.1 Å². The molecule has 8 heteroatoms. The van der Waals surface area contributed by atoms with Crippen molar-refractivity contribution in [2.24, 2.45) is 11.3 Å². The summed E-state index contributed by atoms with van der Waals surface area (Å²) in [5.74, 6) is 1.62. The molecule has 254 valence electrons. The van der Waals surface area contributed by atoms with Crippen LogP contribution >= 0.6 is 0 Å². The second-order valence-corrected chi connectivity index (χ2v) is 13.7. The van der Waals surface area contributed by atoms with Gasteiger partial charge in [-0.1, -0.05) is 72.8 Å². The molecule has 0 radical (unpaired) electrons. The fourth-order valence-electron chi connectivity index (χ4n) is 7.76. The van der Waals surface area contributed by atoms with Gasteiger partial charge in [0.1, 0.15) is 12.4 Å². The Morgan fingerprint density at radius 2 is 1.59 bits per heavy atom. The molecular weight excluding hydrogens is 612 g/mol. The van der Waals surface area contributed by atoms with Crippen LogP contribution in [0, 0.1) is 11.3 Å². The first kappa shape index (κ1) is 33.0. The third kappa shape index (κ3) is 7.71. The first-order valence-corrected chi connectivity index (χ1v) is 17.8. The number of ether oxygens (including phenoxy) is 1. The van der Waals surface area contributed by atoms with Gasteiger partial charge >= 0.3 is 0 Å². The van der Waals surface area contributed by atoms with E-state index in [2.05, 4.69) is 46.2 Å². The summed E-state index contributed by atoms with van der Waals surface area (Å²) in [5.41, 5.74) is 3.75. The Morgan fingerprint density at radius 3 is 2.35 bits per heavy atom. The molecule has 49 heavy (non-hydrogen) atoms. The molecule has 4 heterocycles. The molecule has 0 bridgehead atoms. The highest BCUT2D eigenvalue weighted by Crippen LogP contribution is 2.39. The number of benzene rings is 3. The number of nitrogens with zero attached hydrogens (tertiary/aromatic N) is 4. The first-order valence-electron chi connectivity index (χ1n) is 17.8. The van der Waals surface area contributed by atoms with Gasteiger partial charge < -0.3 is 23.5 Å². The Bertz CT molecular complexity index is 1810. The van der Waals surface area contributed by atoms with Gasteiger partial charge in [0, 0.05) is 25.6 Å². The van der Waals surface area contributed by atoms with E-state index in [9.17, 15) is 9.59 Å². The fourth-order valence-corrected chi connectivity index (χ4v) is 7.76. The fraction of sp³-hybridized carbons (Fsp3) is 0.390. The highest BCUT2D eigenvalue weighted by atomic mass is 16.5. The second-order valence-electron chi connectivity index (χ2n) is 13.7. The molecule has 2 aliphatic heterocycles. The summed E-state index contributed by atoms with van der Waals surface area (Å²) in [7, 11) is 0. The molecule has 0 aliphatic carbocycles. The summed E-state index contributed by atoms with van der Waals surface area (Å²) in [4.78, 5) is 37.7. The molecule has 0 spiro atoms. The van der Waals surface area contributed by atoms with Gasteiger partial charge in [0.2, 0.25) is 11.7 Å². The van der Waals surface area contributed by atoms with Crippen molar-refractivity contribution >= 4 is 22.7 Å². The second kappa shape index (κ2) is 15.3. The molecule has 2 saturated heterocycles. The van der Waals surface area contributed by atoms with Crippen molar-refractivity contribution in [2.75, 3.05) is 32.8 Å². The van der Waals surface area contributed by atoms with E-state index < -0.39 is 5.41 Å². The number of ketones is 1. The number of piperidine rings is 2. The molecule has 5 aromatic rings. The lowest BCUT2D eigenvalue weighted by Crippen LogP contribution is -2.51. The number of fused-ring (bicyclic) bond motifs is 1. The molecule has 8 nitrogen and oxygen atoms in total. The summed E-state index contributed by atoms with van der Waals surface area (Å²) in [5, 5.41) is 0. The number of carbonyl (C=O) groups excluding carboxylic acids is 2. The van der Waals surface area contributed by atoms with Crippen LogP contribution in [-0.2, 0) is 35.6 Å². The number of carbonyl (C=O) groups is 2.